The van der Waals surface area contributed by atoms with Gasteiger partial charge in [-0.2, -0.15) is 0 Å². The van der Waals surface area contributed by atoms with Gasteiger partial charge in [0.2, 0.25) is 0 Å². The van der Waals surface area contributed by atoms with Crippen LogP contribution in [0.5, 0.6) is 0 Å². The molecule has 0 amide bonds. The average Bonchev–Trinajstić information content (AvgIpc) is 2.23. The third kappa shape index (κ3) is 6.43. The van der Waals surface area contributed by atoms with Gasteiger partial charge in [-0.15, -0.1) is 0 Å². The molecular weight excluding hydrogens is 208 g/mol. The van der Waals surface area contributed by atoms with Crippen molar-refractivity contribution in [3.63, 3.8) is 0 Å². The number of carboxylic acids is 1. The number of aliphatic carboxylic acids is 1. The van der Waals surface area contributed by atoms with E-state index in [-0.39, 0.29) is 18.5 Å². The molecule has 4 heteroatoms. The molecule has 0 radical (unpaired) electrons. The molecule has 0 saturated carbocycles. The molecule has 0 aromatic carbocycles. The molecule has 0 aliphatic carbocycles. The van der Waals surface area contributed by atoms with Gasteiger partial charge in [0.05, 0.1) is 18.4 Å². The predicted octanol–water partition coefficient (Wildman–Crippen LogP) is 2.61. The van der Waals surface area contributed by atoms with E-state index in [1.54, 1.807) is 0 Å². The topological polar surface area (TPSA) is 63.6 Å². The molecular formula is C12H22O4. The van der Waals surface area contributed by atoms with Crippen molar-refractivity contribution < 1.29 is 19.4 Å². The second-order valence-corrected chi connectivity index (χ2v) is 4.09. The number of carboxylic acid groups (broad SMARTS) is 1. The number of carbonyl (C=O) groups is 2. The summed E-state index contributed by atoms with van der Waals surface area (Å²) in [5, 5.41) is 8.72. The minimum Gasteiger partial charge on any atom is -0.481 e. The first-order valence-electron chi connectivity index (χ1n) is 5.93. The Morgan fingerprint density at radius 2 is 1.94 bits per heavy atom. The summed E-state index contributed by atoms with van der Waals surface area (Å²) in [5.74, 6) is -1.81. The summed E-state index contributed by atoms with van der Waals surface area (Å²) in [6.45, 7) is 5.75. The molecule has 16 heavy (non-hydrogen) atoms. The maximum atomic E-state index is 11.7. The lowest BCUT2D eigenvalue weighted by Crippen LogP contribution is -2.24. The van der Waals surface area contributed by atoms with Crippen molar-refractivity contribution in [3.8, 4) is 0 Å². The van der Waals surface area contributed by atoms with Crippen LogP contribution in [0.3, 0.4) is 0 Å². The first kappa shape index (κ1) is 14.9. The van der Waals surface area contributed by atoms with Crippen LogP contribution < -0.4 is 0 Å². The first-order valence-corrected chi connectivity index (χ1v) is 5.93. The summed E-state index contributed by atoms with van der Waals surface area (Å²) < 4.78 is 5.16. The van der Waals surface area contributed by atoms with Crippen molar-refractivity contribution in [1.29, 1.82) is 0 Å². The lowest BCUT2D eigenvalue weighted by molar-refractivity contribution is -0.157. The Morgan fingerprint density at radius 1 is 1.31 bits per heavy atom. The fourth-order valence-corrected chi connectivity index (χ4v) is 1.34. The Labute approximate surface area is 97.0 Å². The van der Waals surface area contributed by atoms with Crippen LogP contribution in [0.25, 0.3) is 0 Å². The molecule has 0 fully saturated rings. The summed E-state index contributed by atoms with van der Waals surface area (Å²) in [4.78, 5) is 22.3. The van der Waals surface area contributed by atoms with Gasteiger partial charge in [0.15, 0.2) is 0 Å². The second kappa shape index (κ2) is 8.13. The fraction of sp³-hybridized carbons (Fsp3) is 0.833. The van der Waals surface area contributed by atoms with E-state index in [1.165, 1.54) is 0 Å². The van der Waals surface area contributed by atoms with E-state index in [1.807, 2.05) is 20.8 Å². The third-order valence-electron chi connectivity index (χ3n) is 2.55. The van der Waals surface area contributed by atoms with Gasteiger partial charge in [0, 0.05) is 0 Å². The summed E-state index contributed by atoms with van der Waals surface area (Å²) >= 11 is 0. The van der Waals surface area contributed by atoms with Gasteiger partial charge >= 0.3 is 11.9 Å². The van der Waals surface area contributed by atoms with Crippen LogP contribution in [0.2, 0.25) is 0 Å². The van der Waals surface area contributed by atoms with Gasteiger partial charge in [-0.05, 0) is 19.8 Å². The zero-order valence-corrected chi connectivity index (χ0v) is 10.4. The molecule has 0 aliphatic heterocycles. The third-order valence-corrected chi connectivity index (χ3v) is 2.55. The number of hydrogen-bond donors (Lipinski definition) is 1. The average molecular weight is 230 g/mol. The maximum absolute atomic E-state index is 11.7. The zero-order valence-electron chi connectivity index (χ0n) is 10.4. The Kier molecular flexibility index (Phi) is 7.60. The van der Waals surface area contributed by atoms with Crippen LogP contribution in [0, 0.1) is 5.92 Å². The summed E-state index contributed by atoms with van der Waals surface area (Å²) in [5.41, 5.74) is 0. The van der Waals surface area contributed by atoms with Crippen LogP contribution in [-0.2, 0) is 14.3 Å². The summed E-state index contributed by atoms with van der Waals surface area (Å²) in [6, 6.07) is 0. The van der Waals surface area contributed by atoms with Crippen molar-refractivity contribution in [2.24, 2.45) is 5.92 Å². The highest BCUT2D eigenvalue weighted by atomic mass is 16.5. The number of carbonyl (C=O) groups excluding carboxylic acids is 1. The van der Waals surface area contributed by atoms with Crippen LogP contribution >= 0.6 is 0 Å². The van der Waals surface area contributed by atoms with Gasteiger partial charge in [0.1, 0.15) is 0 Å². The van der Waals surface area contributed by atoms with Gasteiger partial charge in [-0.1, -0.05) is 26.7 Å². The Hall–Kier alpha value is -1.06. The Morgan fingerprint density at radius 3 is 2.38 bits per heavy atom. The van der Waals surface area contributed by atoms with Crippen LogP contribution in [-0.4, -0.2) is 23.1 Å². The van der Waals surface area contributed by atoms with Crippen LogP contribution in [0.1, 0.15) is 52.9 Å². The molecule has 0 aromatic rings. The number of rotatable bonds is 8. The standard InChI is InChI=1S/C12H22O4/c1-4-6-7-10(8-11(13)14)12(15)16-9(3)5-2/h9-10H,4-8H2,1-3H3,(H,13,14). The number of esters is 1. The van der Waals surface area contributed by atoms with E-state index in [2.05, 4.69) is 0 Å². The highest BCUT2D eigenvalue weighted by Crippen LogP contribution is 2.16. The smallest absolute Gasteiger partial charge is 0.309 e. The zero-order chi connectivity index (χ0) is 12.6. The SMILES string of the molecule is CCCCC(CC(=O)O)C(=O)OC(C)CC. The number of ether oxygens (including phenoxy) is 1. The monoisotopic (exact) mass is 230 g/mol. The second-order valence-electron chi connectivity index (χ2n) is 4.09. The van der Waals surface area contributed by atoms with E-state index in [9.17, 15) is 9.59 Å². The Bertz CT molecular complexity index is 225. The van der Waals surface area contributed by atoms with Crippen LogP contribution in [0.15, 0.2) is 0 Å². The van der Waals surface area contributed by atoms with E-state index in [0.717, 1.165) is 19.3 Å². The summed E-state index contributed by atoms with van der Waals surface area (Å²) in [7, 11) is 0. The van der Waals surface area contributed by atoms with E-state index < -0.39 is 11.9 Å². The van der Waals surface area contributed by atoms with Gasteiger partial charge < -0.3 is 9.84 Å². The van der Waals surface area contributed by atoms with Gasteiger partial charge in [0.25, 0.3) is 0 Å². The summed E-state index contributed by atoms with van der Waals surface area (Å²) in [6.07, 6.45) is 2.89. The lowest BCUT2D eigenvalue weighted by atomic mass is 9.98. The molecule has 0 saturated heterocycles. The van der Waals surface area contributed by atoms with E-state index in [0.29, 0.717) is 6.42 Å². The molecule has 0 heterocycles. The highest BCUT2D eigenvalue weighted by Gasteiger charge is 2.23. The van der Waals surface area contributed by atoms with Crippen molar-refractivity contribution >= 4 is 11.9 Å². The predicted molar refractivity (Wildman–Crippen MR) is 61.1 cm³/mol. The molecule has 0 rings (SSSR count). The highest BCUT2D eigenvalue weighted by molar-refractivity contribution is 5.79. The maximum Gasteiger partial charge on any atom is 0.309 e. The molecule has 0 aliphatic rings. The molecule has 0 bridgehead atoms. The Balaban J connectivity index is 4.25. The fourth-order valence-electron chi connectivity index (χ4n) is 1.34. The van der Waals surface area contributed by atoms with Crippen molar-refractivity contribution in [3.05, 3.63) is 0 Å². The first-order chi connectivity index (χ1) is 7.51. The quantitative estimate of drug-likeness (QED) is 0.651. The minimum atomic E-state index is -0.942. The van der Waals surface area contributed by atoms with E-state index >= 15 is 0 Å². The van der Waals surface area contributed by atoms with Crippen LogP contribution in [0.4, 0.5) is 0 Å². The number of unbranched alkanes of at least 4 members (excludes halogenated alkanes) is 1. The molecule has 94 valence electrons. The molecule has 1 N–H and O–H groups in total. The molecule has 2 atom stereocenters. The number of hydrogen-bond acceptors (Lipinski definition) is 3. The minimum absolute atomic E-state index is 0.130. The largest absolute Gasteiger partial charge is 0.481 e. The molecule has 2 unspecified atom stereocenters. The molecule has 4 nitrogen and oxygen atoms in total. The van der Waals surface area contributed by atoms with Crippen molar-refractivity contribution in [2.75, 3.05) is 0 Å². The normalized spacial score (nSPS) is 14.2. The van der Waals surface area contributed by atoms with Crippen molar-refractivity contribution in [2.45, 2.75) is 59.0 Å². The van der Waals surface area contributed by atoms with E-state index in [4.69, 9.17) is 9.84 Å². The lowest BCUT2D eigenvalue weighted by Gasteiger charge is -2.17. The van der Waals surface area contributed by atoms with Crippen molar-refractivity contribution in [1.82, 2.24) is 0 Å². The molecule has 0 aromatic heterocycles. The van der Waals surface area contributed by atoms with Gasteiger partial charge in [-0.25, -0.2) is 0 Å². The van der Waals surface area contributed by atoms with Gasteiger partial charge in [-0.3, -0.25) is 9.59 Å². The molecule has 0 spiro atoms.